The number of hydrogen-bond donors (Lipinski definition) is 0. The Morgan fingerprint density at radius 3 is 2.00 bits per heavy atom. The van der Waals surface area contributed by atoms with Crippen LogP contribution in [0.25, 0.3) is 0 Å². The maximum absolute atomic E-state index is 2.39. The molecule has 0 radical (unpaired) electrons. The van der Waals surface area contributed by atoms with E-state index < -0.39 is 0 Å². The molecule has 0 bridgehead atoms. The molecule has 0 fully saturated rings. The molecule has 0 amide bonds. The second kappa shape index (κ2) is 13.8. The van der Waals surface area contributed by atoms with Gasteiger partial charge in [0, 0.05) is 18.1 Å². The lowest BCUT2D eigenvalue weighted by Gasteiger charge is -2.03. The molecule has 0 saturated carbocycles. The lowest BCUT2D eigenvalue weighted by atomic mass is 10.1. The Balaban J connectivity index is 2.12. The van der Waals surface area contributed by atoms with Crippen LogP contribution in [0, 0.1) is 0 Å². The van der Waals surface area contributed by atoms with Crippen LogP contribution in [-0.4, -0.2) is 0 Å². The van der Waals surface area contributed by atoms with Crippen molar-refractivity contribution in [2.75, 3.05) is 0 Å². The minimum absolute atomic E-state index is 1.19. The topological polar surface area (TPSA) is 3.88 Å². The summed E-state index contributed by atoms with van der Waals surface area (Å²) >= 11 is 0. The Hall–Kier alpha value is -0.850. The highest BCUT2D eigenvalue weighted by molar-refractivity contribution is 5.05. The summed E-state index contributed by atoms with van der Waals surface area (Å²) in [5.41, 5.74) is 1.52. The first-order valence-electron chi connectivity index (χ1n) is 9.84. The molecule has 0 atom stereocenters. The third-order valence-corrected chi connectivity index (χ3v) is 4.51. The first kappa shape index (κ1) is 19.2. The number of pyridine rings is 1. The second-order valence-electron chi connectivity index (χ2n) is 6.74. The number of nitrogens with zero attached hydrogens (tertiary/aromatic N) is 1. The summed E-state index contributed by atoms with van der Waals surface area (Å²) in [6.45, 7) is 5.76. The zero-order chi connectivity index (χ0) is 15.9. The zero-order valence-electron chi connectivity index (χ0n) is 15.2. The summed E-state index contributed by atoms with van der Waals surface area (Å²) in [4.78, 5) is 0. The van der Waals surface area contributed by atoms with Crippen LogP contribution in [0.5, 0.6) is 0 Å². The van der Waals surface area contributed by atoms with E-state index in [1.165, 1.54) is 95.6 Å². The molecule has 0 unspecified atom stereocenters. The van der Waals surface area contributed by atoms with Crippen molar-refractivity contribution in [3.05, 3.63) is 30.1 Å². The molecule has 0 spiro atoms. The van der Waals surface area contributed by atoms with E-state index in [-0.39, 0.29) is 0 Å². The Bertz CT molecular complexity index is 359. The quantitative estimate of drug-likeness (QED) is 0.283. The van der Waals surface area contributed by atoms with Crippen LogP contribution < -0.4 is 4.57 Å². The predicted octanol–water partition coefficient (Wildman–Crippen LogP) is 6.24. The van der Waals surface area contributed by atoms with Crippen LogP contribution in [0.4, 0.5) is 0 Å². The van der Waals surface area contributed by atoms with Gasteiger partial charge in [-0.25, -0.2) is 4.57 Å². The molecular formula is C21H38N+. The standard InChI is InChI=1S/C21H38N/c1-3-5-7-9-10-11-13-16-21-17-15-19-22(20-21)18-14-12-8-6-4-2/h15,17,19-20H,3-14,16,18H2,1-2H3/q+1. The van der Waals surface area contributed by atoms with Crippen molar-refractivity contribution in [1.82, 2.24) is 0 Å². The molecule has 1 heterocycles. The molecule has 1 aromatic heterocycles. The van der Waals surface area contributed by atoms with Gasteiger partial charge in [0.1, 0.15) is 6.54 Å². The van der Waals surface area contributed by atoms with Gasteiger partial charge < -0.3 is 0 Å². The summed E-state index contributed by atoms with van der Waals surface area (Å²) in [5, 5.41) is 0. The largest absolute Gasteiger partial charge is 0.205 e. The second-order valence-corrected chi connectivity index (χ2v) is 6.74. The average molecular weight is 305 g/mol. The molecule has 1 heteroatoms. The van der Waals surface area contributed by atoms with Gasteiger partial charge in [-0.1, -0.05) is 71.6 Å². The maximum atomic E-state index is 2.39. The van der Waals surface area contributed by atoms with Gasteiger partial charge in [0.15, 0.2) is 12.4 Å². The summed E-state index contributed by atoms with van der Waals surface area (Å²) in [5.74, 6) is 0. The molecule has 22 heavy (non-hydrogen) atoms. The first-order chi connectivity index (χ1) is 10.9. The van der Waals surface area contributed by atoms with Crippen molar-refractivity contribution in [3.63, 3.8) is 0 Å². The van der Waals surface area contributed by atoms with Crippen LogP contribution in [-0.2, 0) is 13.0 Å². The Kier molecular flexibility index (Phi) is 12.0. The zero-order valence-corrected chi connectivity index (χ0v) is 15.2. The van der Waals surface area contributed by atoms with Gasteiger partial charge in [0.25, 0.3) is 0 Å². The maximum Gasteiger partial charge on any atom is 0.171 e. The Labute approximate surface area is 139 Å². The fourth-order valence-electron chi connectivity index (χ4n) is 3.05. The minimum atomic E-state index is 1.19. The third kappa shape index (κ3) is 9.97. The predicted molar refractivity (Wildman–Crippen MR) is 97.1 cm³/mol. The van der Waals surface area contributed by atoms with Crippen LogP contribution in [0.15, 0.2) is 24.5 Å². The molecule has 1 aromatic rings. The van der Waals surface area contributed by atoms with Crippen molar-refractivity contribution in [3.8, 4) is 0 Å². The molecule has 0 aliphatic carbocycles. The SMILES string of the molecule is CCCCCCCCCc1ccc[n+](CCCCCCC)c1. The lowest BCUT2D eigenvalue weighted by Crippen LogP contribution is -2.33. The van der Waals surface area contributed by atoms with Gasteiger partial charge in [0.2, 0.25) is 0 Å². The number of rotatable bonds is 14. The molecule has 1 nitrogen and oxygen atoms in total. The van der Waals surface area contributed by atoms with Crippen LogP contribution >= 0.6 is 0 Å². The van der Waals surface area contributed by atoms with E-state index in [2.05, 4.69) is 42.9 Å². The van der Waals surface area contributed by atoms with Gasteiger partial charge in [-0.3, -0.25) is 0 Å². The Morgan fingerprint density at radius 2 is 1.32 bits per heavy atom. The average Bonchev–Trinajstić information content (AvgIpc) is 2.54. The normalized spacial score (nSPS) is 11.0. The summed E-state index contributed by atoms with van der Waals surface area (Å²) in [6, 6.07) is 4.52. The molecule has 0 aliphatic rings. The molecule has 0 saturated heterocycles. The highest BCUT2D eigenvalue weighted by Crippen LogP contribution is 2.10. The van der Waals surface area contributed by atoms with Gasteiger partial charge in [-0.15, -0.1) is 0 Å². The number of hydrogen-bond acceptors (Lipinski definition) is 0. The molecular weight excluding hydrogens is 266 g/mol. The fourth-order valence-corrected chi connectivity index (χ4v) is 3.05. The summed E-state index contributed by atoms with van der Waals surface area (Å²) in [6.07, 6.45) is 22.5. The molecule has 126 valence electrons. The smallest absolute Gasteiger partial charge is 0.171 e. The van der Waals surface area contributed by atoms with E-state index >= 15 is 0 Å². The van der Waals surface area contributed by atoms with Crippen molar-refractivity contribution < 1.29 is 4.57 Å². The van der Waals surface area contributed by atoms with E-state index in [9.17, 15) is 0 Å². The fraction of sp³-hybridized carbons (Fsp3) is 0.762. The van der Waals surface area contributed by atoms with Gasteiger partial charge in [-0.05, 0) is 25.3 Å². The molecule has 0 N–H and O–H groups in total. The van der Waals surface area contributed by atoms with Crippen molar-refractivity contribution in [2.45, 2.75) is 104 Å². The number of aromatic nitrogens is 1. The molecule has 0 aliphatic heterocycles. The van der Waals surface area contributed by atoms with Crippen molar-refractivity contribution >= 4 is 0 Å². The number of unbranched alkanes of at least 4 members (excludes halogenated alkanes) is 10. The van der Waals surface area contributed by atoms with Crippen molar-refractivity contribution in [1.29, 1.82) is 0 Å². The van der Waals surface area contributed by atoms with E-state index in [0.717, 1.165) is 0 Å². The Morgan fingerprint density at radius 1 is 0.727 bits per heavy atom. The third-order valence-electron chi connectivity index (χ3n) is 4.51. The van der Waals surface area contributed by atoms with E-state index in [0.29, 0.717) is 0 Å². The van der Waals surface area contributed by atoms with Gasteiger partial charge in [-0.2, -0.15) is 0 Å². The van der Waals surface area contributed by atoms with Crippen LogP contribution in [0.2, 0.25) is 0 Å². The highest BCUT2D eigenvalue weighted by Gasteiger charge is 2.03. The van der Waals surface area contributed by atoms with E-state index in [1.54, 1.807) is 0 Å². The first-order valence-corrected chi connectivity index (χ1v) is 9.84. The van der Waals surface area contributed by atoms with E-state index in [4.69, 9.17) is 0 Å². The van der Waals surface area contributed by atoms with Gasteiger partial charge in [0.05, 0.1) is 0 Å². The lowest BCUT2D eigenvalue weighted by molar-refractivity contribution is -0.697. The minimum Gasteiger partial charge on any atom is -0.205 e. The molecule has 0 aromatic carbocycles. The summed E-state index contributed by atoms with van der Waals surface area (Å²) < 4.78 is 2.39. The van der Waals surface area contributed by atoms with Crippen LogP contribution in [0.1, 0.15) is 96.5 Å². The van der Waals surface area contributed by atoms with E-state index in [1.807, 2.05) is 0 Å². The van der Waals surface area contributed by atoms with Crippen molar-refractivity contribution in [2.24, 2.45) is 0 Å². The highest BCUT2D eigenvalue weighted by atomic mass is 14.9. The monoisotopic (exact) mass is 304 g/mol. The molecule has 1 rings (SSSR count). The van der Waals surface area contributed by atoms with Gasteiger partial charge >= 0.3 is 0 Å². The summed E-state index contributed by atoms with van der Waals surface area (Å²) in [7, 11) is 0. The number of aryl methyl sites for hydroxylation is 2. The van der Waals surface area contributed by atoms with Crippen LogP contribution in [0.3, 0.4) is 0 Å².